The molecule has 0 fully saturated rings. The van der Waals surface area contributed by atoms with Gasteiger partial charge in [-0.15, -0.1) is 0 Å². The lowest BCUT2D eigenvalue weighted by atomic mass is 10.1. The Morgan fingerprint density at radius 1 is 1.57 bits per heavy atom. The van der Waals surface area contributed by atoms with E-state index in [2.05, 4.69) is 11.4 Å². The topological polar surface area (TPSA) is 35.8 Å². The SMILES string of the molecule is CCNC(C#N)c1ccc(F)c(C)c1. The van der Waals surface area contributed by atoms with Gasteiger partial charge in [-0.1, -0.05) is 19.1 Å². The molecule has 0 saturated carbocycles. The van der Waals surface area contributed by atoms with Crippen LogP contribution in [0, 0.1) is 24.1 Å². The van der Waals surface area contributed by atoms with E-state index in [0.29, 0.717) is 12.1 Å². The van der Waals surface area contributed by atoms with Crippen molar-refractivity contribution in [3.8, 4) is 6.07 Å². The van der Waals surface area contributed by atoms with Crippen LogP contribution < -0.4 is 5.32 Å². The standard InChI is InChI=1S/C11H13FN2/c1-3-14-11(7-13)9-4-5-10(12)8(2)6-9/h4-6,11,14H,3H2,1-2H3. The summed E-state index contributed by atoms with van der Waals surface area (Å²) >= 11 is 0. The number of halogens is 1. The van der Waals surface area contributed by atoms with Crippen molar-refractivity contribution in [3.05, 3.63) is 35.1 Å². The second-order valence-electron chi connectivity index (χ2n) is 3.13. The van der Waals surface area contributed by atoms with Gasteiger partial charge >= 0.3 is 0 Å². The van der Waals surface area contributed by atoms with Crippen molar-refractivity contribution >= 4 is 0 Å². The van der Waals surface area contributed by atoms with Crippen molar-refractivity contribution in [2.24, 2.45) is 0 Å². The second-order valence-corrected chi connectivity index (χ2v) is 3.13. The Morgan fingerprint density at radius 2 is 2.29 bits per heavy atom. The molecule has 0 bridgehead atoms. The number of benzene rings is 1. The fourth-order valence-corrected chi connectivity index (χ4v) is 1.29. The number of aryl methyl sites for hydroxylation is 1. The Bertz CT molecular complexity index is 355. The van der Waals surface area contributed by atoms with E-state index in [1.54, 1.807) is 19.1 Å². The fourth-order valence-electron chi connectivity index (χ4n) is 1.29. The molecule has 0 heterocycles. The molecule has 0 aromatic heterocycles. The van der Waals surface area contributed by atoms with Crippen molar-refractivity contribution < 1.29 is 4.39 Å². The van der Waals surface area contributed by atoms with Gasteiger partial charge in [0.05, 0.1) is 6.07 Å². The minimum absolute atomic E-state index is 0.234. The second kappa shape index (κ2) is 4.73. The third kappa shape index (κ3) is 2.30. The molecule has 0 radical (unpaired) electrons. The van der Waals surface area contributed by atoms with E-state index in [-0.39, 0.29) is 11.9 Å². The van der Waals surface area contributed by atoms with E-state index in [4.69, 9.17) is 5.26 Å². The van der Waals surface area contributed by atoms with Gasteiger partial charge in [-0.2, -0.15) is 5.26 Å². The van der Waals surface area contributed by atoms with Crippen molar-refractivity contribution in [2.75, 3.05) is 6.54 Å². The van der Waals surface area contributed by atoms with E-state index >= 15 is 0 Å². The maximum Gasteiger partial charge on any atom is 0.126 e. The molecule has 74 valence electrons. The monoisotopic (exact) mass is 192 g/mol. The van der Waals surface area contributed by atoms with Gasteiger partial charge in [0.2, 0.25) is 0 Å². The van der Waals surface area contributed by atoms with Gasteiger partial charge in [-0.25, -0.2) is 4.39 Å². The lowest BCUT2D eigenvalue weighted by Gasteiger charge is -2.10. The quantitative estimate of drug-likeness (QED) is 0.797. The molecule has 1 aromatic rings. The summed E-state index contributed by atoms with van der Waals surface area (Å²) < 4.78 is 12.9. The minimum atomic E-state index is -0.348. The molecule has 1 unspecified atom stereocenters. The minimum Gasteiger partial charge on any atom is -0.298 e. The maximum absolute atomic E-state index is 12.9. The van der Waals surface area contributed by atoms with Crippen molar-refractivity contribution in [3.63, 3.8) is 0 Å². The van der Waals surface area contributed by atoms with Crippen LogP contribution >= 0.6 is 0 Å². The number of nitrogens with zero attached hydrogens (tertiary/aromatic N) is 1. The van der Waals surface area contributed by atoms with Crippen LogP contribution in [0.15, 0.2) is 18.2 Å². The highest BCUT2D eigenvalue weighted by Gasteiger charge is 2.09. The Hall–Kier alpha value is -1.40. The molecule has 1 aromatic carbocycles. The van der Waals surface area contributed by atoms with E-state index in [1.807, 2.05) is 6.92 Å². The highest BCUT2D eigenvalue weighted by atomic mass is 19.1. The van der Waals surface area contributed by atoms with Crippen LogP contribution in [0.1, 0.15) is 24.1 Å². The number of nitrogens with one attached hydrogen (secondary N) is 1. The lowest BCUT2D eigenvalue weighted by Crippen LogP contribution is -2.19. The number of nitriles is 1. The van der Waals surface area contributed by atoms with Crippen LogP contribution in [-0.4, -0.2) is 6.54 Å². The molecule has 0 aliphatic carbocycles. The Kier molecular flexibility index (Phi) is 3.61. The van der Waals surface area contributed by atoms with E-state index < -0.39 is 0 Å². The summed E-state index contributed by atoms with van der Waals surface area (Å²) in [4.78, 5) is 0. The first kappa shape index (κ1) is 10.7. The zero-order valence-electron chi connectivity index (χ0n) is 8.34. The van der Waals surface area contributed by atoms with Gasteiger partial charge in [-0.05, 0) is 30.7 Å². The molecule has 3 heteroatoms. The van der Waals surface area contributed by atoms with Crippen LogP contribution in [-0.2, 0) is 0 Å². The average Bonchev–Trinajstić information content (AvgIpc) is 2.19. The van der Waals surface area contributed by atoms with Gasteiger partial charge in [-0.3, -0.25) is 5.32 Å². The third-order valence-electron chi connectivity index (χ3n) is 2.05. The molecule has 1 N–H and O–H groups in total. The molecule has 1 rings (SSSR count). The Morgan fingerprint density at radius 3 is 2.79 bits per heavy atom. The van der Waals surface area contributed by atoms with Crippen LogP contribution in [0.2, 0.25) is 0 Å². The van der Waals surface area contributed by atoms with Crippen molar-refractivity contribution in [2.45, 2.75) is 19.9 Å². The van der Waals surface area contributed by atoms with Gasteiger partial charge in [0.1, 0.15) is 11.9 Å². The molecule has 1 atom stereocenters. The summed E-state index contributed by atoms with van der Waals surface area (Å²) in [5.74, 6) is -0.234. The maximum atomic E-state index is 12.9. The molecule has 0 spiro atoms. The van der Waals surface area contributed by atoms with Crippen LogP contribution in [0.3, 0.4) is 0 Å². The summed E-state index contributed by atoms with van der Waals surface area (Å²) in [6.07, 6.45) is 0. The van der Waals surface area contributed by atoms with Crippen molar-refractivity contribution in [1.29, 1.82) is 5.26 Å². The Balaban J connectivity index is 2.95. The first-order valence-electron chi connectivity index (χ1n) is 4.58. The summed E-state index contributed by atoms with van der Waals surface area (Å²) in [7, 11) is 0. The molecular weight excluding hydrogens is 179 g/mol. The highest BCUT2D eigenvalue weighted by Crippen LogP contribution is 2.15. The number of hydrogen-bond donors (Lipinski definition) is 1. The van der Waals surface area contributed by atoms with Gasteiger partial charge in [0.25, 0.3) is 0 Å². The normalized spacial score (nSPS) is 12.1. The third-order valence-corrected chi connectivity index (χ3v) is 2.05. The molecule has 0 saturated heterocycles. The molecule has 0 aliphatic rings. The lowest BCUT2D eigenvalue weighted by molar-refractivity contribution is 0.612. The summed E-state index contributed by atoms with van der Waals surface area (Å²) in [6.45, 7) is 4.34. The van der Waals surface area contributed by atoms with Crippen LogP contribution in [0.4, 0.5) is 4.39 Å². The van der Waals surface area contributed by atoms with E-state index in [0.717, 1.165) is 5.56 Å². The molecule has 2 nitrogen and oxygen atoms in total. The zero-order chi connectivity index (χ0) is 10.6. The summed E-state index contributed by atoms with van der Waals surface area (Å²) in [5.41, 5.74) is 1.38. The van der Waals surface area contributed by atoms with E-state index in [1.165, 1.54) is 6.07 Å². The summed E-state index contributed by atoms with van der Waals surface area (Å²) in [6, 6.07) is 6.52. The van der Waals surface area contributed by atoms with Crippen molar-refractivity contribution in [1.82, 2.24) is 5.32 Å². The molecule has 14 heavy (non-hydrogen) atoms. The molecule has 0 amide bonds. The predicted octanol–water partition coefficient (Wildman–Crippen LogP) is 2.31. The average molecular weight is 192 g/mol. The largest absolute Gasteiger partial charge is 0.298 e. The molecular formula is C11H13FN2. The Labute approximate surface area is 83.4 Å². The fraction of sp³-hybridized carbons (Fsp3) is 0.364. The number of hydrogen-bond acceptors (Lipinski definition) is 2. The first-order valence-corrected chi connectivity index (χ1v) is 4.58. The van der Waals surface area contributed by atoms with Crippen LogP contribution in [0.25, 0.3) is 0 Å². The van der Waals surface area contributed by atoms with Gasteiger partial charge < -0.3 is 0 Å². The first-order chi connectivity index (χ1) is 6.69. The smallest absolute Gasteiger partial charge is 0.126 e. The van der Waals surface area contributed by atoms with Crippen LogP contribution in [0.5, 0.6) is 0 Å². The van der Waals surface area contributed by atoms with Gasteiger partial charge in [0, 0.05) is 0 Å². The highest BCUT2D eigenvalue weighted by molar-refractivity contribution is 5.29. The number of rotatable bonds is 3. The summed E-state index contributed by atoms with van der Waals surface area (Å²) in [5, 5.41) is 11.9. The molecule has 0 aliphatic heterocycles. The predicted molar refractivity (Wildman–Crippen MR) is 53.2 cm³/mol. The van der Waals surface area contributed by atoms with Gasteiger partial charge in [0.15, 0.2) is 0 Å². The zero-order valence-corrected chi connectivity index (χ0v) is 8.34. The van der Waals surface area contributed by atoms with E-state index in [9.17, 15) is 4.39 Å².